The van der Waals surface area contributed by atoms with Crippen LogP contribution in [0, 0.1) is 29.6 Å². The maximum absolute atomic E-state index is 15.1. The van der Waals surface area contributed by atoms with Gasteiger partial charge in [0, 0.05) is 24.2 Å². The van der Waals surface area contributed by atoms with Gasteiger partial charge in [-0.15, -0.1) is 0 Å². The number of rotatable bonds is 7. The van der Waals surface area contributed by atoms with Gasteiger partial charge >= 0.3 is 6.18 Å². The summed E-state index contributed by atoms with van der Waals surface area (Å²) < 4.78 is 50.9. The van der Waals surface area contributed by atoms with E-state index in [0.717, 1.165) is 9.91 Å². The number of imide groups is 2. The first-order valence-corrected chi connectivity index (χ1v) is 17.2. The molecule has 6 unspecified atom stereocenters. The van der Waals surface area contributed by atoms with Crippen LogP contribution >= 0.6 is 23.2 Å². The number of halogens is 5. The van der Waals surface area contributed by atoms with Crippen LogP contribution in [-0.4, -0.2) is 64.9 Å². The van der Waals surface area contributed by atoms with Crippen LogP contribution in [0.25, 0.3) is 6.08 Å². The molecule has 1 aromatic heterocycles. The van der Waals surface area contributed by atoms with Crippen molar-refractivity contribution in [2.24, 2.45) is 29.6 Å². The molecular weight excluding hydrogens is 740 g/mol. The van der Waals surface area contributed by atoms with E-state index in [-0.39, 0.29) is 41.8 Å². The Kier molecular flexibility index (Phi) is 8.97. The first-order chi connectivity index (χ1) is 25.1. The quantitative estimate of drug-likeness (QED) is 0.210. The number of phenols is 1. The molecule has 276 valence electrons. The monoisotopic (exact) mass is 770 g/mol. The van der Waals surface area contributed by atoms with Gasteiger partial charge in [-0.25, -0.2) is 4.98 Å². The lowest BCUT2D eigenvalue weighted by molar-refractivity contribution is -0.140. The number of ether oxygens (including phenoxy) is 2. The highest BCUT2D eigenvalue weighted by molar-refractivity contribution is 6.33. The van der Waals surface area contributed by atoms with Gasteiger partial charge in [-0.05, 0) is 60.2 Å². The smallest absolute Gasteiger partial charge is 0.417 e. The number of nitrogens with zero attached hydrogens (tertiary/aromatic N) is 3. The summed E-state index contributed by atoms with van der Waals surface area (Å²) >= 11 is 12.5. The van der Waals surface area contributed by atoms with Crippen molar-refractivity contribution in [3.63, 3.8) is 0 Å². The third-order valence-electron chi connectivity index (χ3n) is 10.8. The van der Waals surface area contributed by atoms with E-state index in [1.807, 2.05) is 6.08 Å². The van der Waals surface area contributed by atoms with E-state index in [0.29, 0.717) is 34.0 Å². The van der Waals surface area contributed by atoms with E-state index in [1.54, 1.807) is 48.6 Å². The fourth-order valence-electron chi connectivity index (χ4n) is 8.40. The molecule has 4 aliphatic rings. The lowest BCUT2D eigenvalue weighted by atomic mass is 9.50. The second kappa shape index (κ2) is 13.1. The minimum Gasteiger partial charge on any atom is -0.502 e. The van der Waals surface area contributed by atoms with Crippen LogP contribution in [0.2, 0.25) is 10.0 Å². The number of pyridine rings is 1. The summed E-state index contributed by atoms with van der Waals surface area (Å²) in [5, 5.41) is 11.1. The van der Waals surface area contributed by atoms with E-state index >= 15 is 4.79 Å². The molecule has 7 rings (SSSR count). The van der Waals surface area contributed by atoms with Gasteiger partial charge in [0.1, 0.15) is 0 Å². The highest BCUT2D eigenvalue weighted by atomic mass is 35.5. The Morgan fingerprint density at radius 2 is 1.64 bits per heavy atom. The number of alkyl halides is 3. The number of anilines is 1. The molecule has 3 aromatic rings. The third-order valence-corrected chi connectivity index (χ3v) is 11.4. The van der Waals surface area contributed by atoms with E-state index in [9.17, 15) is 32.7 Å². The van der Waals surface area contributed by atoms with Crippen LogP contribution in [0.3, 0.4) is 0 Å². The molecule has 3 heterocycles. The number of carbonyl (C=O) groups excluding carboxylic acids is 4. The van der Waals surface area contributed by atoms with Crippen molar-refractivity contribution >= 4 is 58.7 Å². The Bertz CT molecular complexity index is 2100. The largest absolute Gasteiger partial charge is 0.502 e. The van der Waals surface area contributed by atoms with Gasteiger partial charge in [-0.1, -0.05) is 59.1 Å². The zero-order valence-electron chi connectivity index (χ0n) is 28.3. The number of nitrogens with one attached hydrogen (secondary N) is 1. The van der Waals surface area contributed by atoms with Gasteiger partial charge < -0.3 is 14.6 Å². The Hall–Kier alpha value is -5.08. The highest BCUT2D eigenvalue weighted by Gasteiger charge is 2.69. The predicted octanol–water partition coefficient (Wildman–Crippen LogP) is 6.29. The number of carbonyl (C=O) groups is 4. The van der Waals surface area contributed by atoms with Gasteiger partial charge in [0.2, 0.25) is 17.6 Å². The van der Waals surface area contributed by atoms with E-state index < -0.39 is 69.5 Å². The van der Waals surface area contributed by atoms with Crippen LogP contribution in [0.4, 0.5) is 19.0 Å². The highest BCUT2D eigenvalue weighted by Crippen LogP contribution is 2.61. The van der Waals surface area contributed by atoms with E-state index in [4.69, 9.17) is 32.7 Å². The molecule has 0 radical (unpaired) electrons. The predicted molar refractivity (Wildman–Crippen MR) is 186 cm³/mol. The molecule has 2 aliphatic carbocycles. The Morgan fingerprint density at radius 1 is 0.981 bits per heavy atom. The first kappa shape index (κ1) is 36.3. The van der Waals surface area contributed by atoms with Crippen molar-refractivity contribution in [3.8, 4) is 17.2 Å². The van der Waals surface area contributed by atoms with Crippen LogP contribution in [0.1, 0.15) is 29.5 Å². The fourth-order valence-corrected chi connectivity index (χ4v) is 8.74. The van der Waals surface area contributed by atoms with Crippen molar-refractivity contribution in [3.05, 3.63) is 93.1 Å². The molecule has 2 N–H and O–H groups in total. The second-order valence-corrected chi connectivity index (χ2v) is 14.2. The Morgan fingerprint density at radius 3 is 2.25 bits per heavy atom. The van der Waals surface area contributed by atoms with Crippen LogP contribution in [0.5, 0.6) is 17.2 Å². The van der Waals surface area contributed by atoms with Crippen molar-refractivity contribution in [2.75, 3.05) is 26.7 Å². The number of likely N-dealkylation sites (tertiary alicyclic amines) is 1. The van der Waals surface area contributed by atoms with Crippen molar-refractivity contribution in [1.29, 1.82) is 0 Å². The third kappa shape index (κ3) is 5.61. The topological polar surface area (TPSA) is 138 Å². The lowest BCUT2D eigenvalue weighted by Gasteiger charge is -2.49. The van der Waals surface area contributed by atoms with Crippen molar-refractivity contribution in [2.45, 2.75) is 24.4 Å². The fraction of sp³-hybridized carbons (Fsp3) is 0.324. The first-order valence-electron chi connectivity index (χ1n) is 16.4. The van der Waals surface area contributed by atoms with Crippen molar-refractivity contribution in [1.82, 2.24) is 14.9 Å². The van der Waals surface area contributed by atoms with Gasteiger partial charge in [-0.2, -0.15) is 18.2 Å². The van der Waals surface area contributed by atoms with Gasteiger partial charge in [-0.3, -0.25) is 29.5 Å². The number of methoxy groups -OCH3 is 2. The maximum atomic E-state index is 15.1. The van der Waals surface area contributed by atoms with E-state index in [2.05, 4.69) is 10.4 Å². The normalized spacial score (nSPS) is 26.8. The summed E-state index contributed by atoms with van der Waals surface area (Å²) in [6.07, 6.45) is 1.26. The van der Waals surface area contributed by atoms with Gasteiger partial charge in [0.05, 0.1) is 48.0 Å². The van der Waals surface area contributed by atoms with Gasteiger partial charge in [0.15, 0.2) is 17.3 Å². The number of aromatic nitrogens is 1. The molecule has 3 fully saturated rings. The van der Waals surface area contributed by atoms with E-state index in [1.165, 1.54) is 21.3 Å². The standard InChI is InChI=1S/C37H31Cl2F3N4O7/c1-45-32(48)22-10-9-21-23(29(22)34(45)50)15-25-33(49)46(44-31-26(39)14-19(16-43-31)37(40,41)42)35(51)36(25,18-5-7-20(38)8-6-18)24(21)11-4-17-12-27(52-2)30(47)28(13-17)53-3/h4-9,11-14,16,22-25,29,47H,10,15H2,1-3H3,(H,43,44). The summed E-state index contributed by atoms with van der Waals surface area (Å²) in [4.78, 5) is 61.5. The number of aromatic hydroxyl groups is 1. The zero-order chi connectivity index (χ0) is 38.1. The second-order valence-electron chi connectivity index (χ2n) is 13.3. The Labute approximate surface area is 310 Å². The van der Waals surface area contributed by atoms with Crippen molar-refractivity contribution < 1.29 is 46.9 Å². The molecule has 53 heavy (non-hydrogen) atoms. The number of phenolic OH excluding ortho intramolecular Hbond substituents is 1. The van der Waals surface area contributed by atoms with Crippen LogP contribution in [0.15, 0.2) is 66.4 Å². The molecule has 0 spiro atoms. The van der Waals surface area contributed by atoms with Gasteiger partial charge in [0.25, 0.3) is 11.8 Å². The summed E-state index contributed by atoms with van der Waals surface area (Å²) in [7, 11) is 4.16. The number of allylic oxidation sites excluding steroid dienone is 3. The number of hydrogen-bond acceptors (Lipinski definition) is 9. The average molecular weight is 772 g/mol. The lowest BCUT2D eigenvalue weighted by Crippen LogP contribution is -2.54. The SMILES string of the molecule is COc1cc(C=CC2C3=CCC4C(=O)N(C)C(=O)C4C3CC3C(=O)N(Nc4ncc(C(F)(F)F)cc4Cl)C(=O)C23c2ccc(Cl)cc2)cc(OC)c1O. The maximum Gasteiger partial charge on any atom is 0.417 e. The summed E-state index contributed by atoms with van der Waals surface area (Å²) in [6, 6.07) is 10.1. The minimum absolute atomic E-state index is 0.00932. The average Bonchev–Trinajstić information content (AvgIpc) is 3.48. The molecule has 2 saturated heterocycles. The number of amides is 4. The number of hydrogen-bond donors (Lipinski definition) is 2. The number of fused-ring (bicyclic) bond motifs is 4. The molecule has 16 heteroatoms. The molecule has 2 aliphatic heterocycles. The molecule has 4 amide bonds. The minimum atomic E-state index is -4.75. The molecule has 1 saturated carbocycles. The zero-order valence-corrected chi connectivity index (χ0v) is 29.8. The molecule has 0 bridgehead atoms. The summed E-state index contributed by atoms with van der Waals surface area (Å²) in [6.45, 7) is 0. The molecule has 2 aromatic carbocycles. The molecule has 6 atom stereocenters. The number of hydrazine groups is 1. The summed E-state index contributed by atoms with van der Waals surface area (Å²) in [5.41, 5.74) is 1.34. The number of benzene rings is 2. The van der Waals surface area contributed by atoms with Crippen LogP contribution < -0.4 is 14.9 Å². The Balaban J connectivity index is 1.42. The molecule has 11 nitrogen and oxygen atoms in total. The summed E-state index contributed by atoms with van der Waals surface area (Å²) in [5.74, 6) is -6.75. The molecular formula is C37H31Cl2F3N4O7. The van der Waals surface area contributed by atoms with Crippen LogP contribution in [-0.2, 0) is 30.8 Å².